The lowest BCUT2D eigenvalue weighted by Crippen LogP contribution is -2.29. The molecule has 0 aliphatic rings. The number of carbonyl (C=O) groups excluding carboxylic acids is 1. The van der Waals surface area contributed by atoms with Crippen LogP contribution in [0, 0.1) is 0 Å². The lowest BCUT2D eigenvalue weighted by molar-refractivity contribution is -0.173. The van der Waals surface area contributed by atoms with E-state index in [4.69, 9.17) is 21.1 Å². The van der Waals surface area contributed by atoms with E-state index in [9.17, 15) is 18.0 Å². The first-order chi connectivity index (χ1) is 11.3. The maximum atomic E-state index is 12.0. The quantitative estimate of drug-likeness (QED) is 0.677. The highest BCUT2D eigenvalue weighted by Crippen LogP contribution is 2.36. The van der Waals surface area contributed by atoms with Crippen molar-refractivity contribution < 1.29 is 32.2 Å². The minimum atomic E-state index is -4.39. The van der Waals surface area contributed by atoms with E-state index in [1.54, 1.807) is 0 Å². The first-order valence-electron chi connectivity index (χ1n) is 7.21. The highest BCUT2D eigenvalue weighted by molar-refractivity contribution is 6.32. The molecule has 0 aromatic heterocycles. The van der Waals surface area contributed by atoms with Gasteiger partial charge in [0.05, 0.1) is 25.3 Å². The molecule has 0 atom stereocenters. The van der Waals surface area contributed by atoms with Gasteiger partial charge >= 0.3 is 6.18 Å². The molecule has 0 saturated heterocycles. The van der Waals surface area contributed by atoms with Crippen molar-refractivity contribution in [2.24, 2.45) is 0 Å². The van der Waals surface area contributed by atoms with Crippen LogP contribution in [0.1, 0.15) is 23.7 Å². The topological polar surface area (TPSA) is 56.8 Å². The Hall–Kier alpha value is -1.67. The summed E-state index contributed by atoms with van der Waals surface area (Å²) in [6.45, 7) is 0.698. The summed E-state index contributed by atoms with van der Waals surface area (Å²) in [5.74, 6) is 0.133. The van der Waals surface area contributed by atoms with Crippen LogP contribution >= 0.6 is 11.6 Å². The van der Waals surface area contributed by atoms with E-state index in [1.807, 2.05) is 6.92 Å². The molecule has 1 aromatic rings. The Morgan fingerprint density at radius 3 is 2.58 bits per heavy atom. The number of amides is 1. The molecule has 0 fully saturated rings. The minimum Gasteiger partial charge on any atom is -0.493 e. The summed E-state index contributed by atoms with van der Waals surface area (Å²) >= 11 is 6.09. The molecule has 1 aromatic carbocycles. The number of rotatable bonds is 9. The molecule has 1 N–H and O–H groups in total. The third kappa shape index (κ3) is 6.84. The van der Waals surface area contributed by atoms with Crippen molar-refractivity contribution >= 4 is 17.5 Å². The van der Waals surface area contributed by atoms with Gasteiger partial charge in [0, 0.05) is 12.1 Å². The number of hydrogen-bond acceptors (Lipinski definition) is 4. The molecule has 1 amide bonds. The fraction of sp³-hybridized carbons (Fsp3) is 0.533. The smallest absolute Gasteiger partial charge is 0.411 e. The van der Waals surface area contributed by atoms with Crippen molar-refractivity contribution in [3.8, 4) is 11.5 Å². The van der Waals surface area contributed by atoms with E-state index in [1.165, 1.54) is 19.2 Å². The van der Waals surface area contributed by atoms with E-state index in [0.29, 0.717) is 18.1 Å². The van der Waals surface area contributed by atoms with Crippen LogP contribution in [0.2, 0.25) is 5.02 Å². The molecule has 136 valence electrons. The summed E-state index contributed by atoms with van der Waals surface area (Å²) in [7, 11) is 1.41. The molecule has 0 radical (unpaired) electrons. The van der Waals surface area contributed by atoms with Gasteiger partial charge in [-0.25, -0.2) is 0 Å². The number of methoxy groups -OCH3 is 1. The van der Waals surface area contributed by atoms with Crippen LogP contribution < -0.4 is 14.8 Å². The van der Waals surface area contributed by atoms with E-state index in [-0.39, 0.29) is 23.7 Å². The van der Waals surface area contributed by atoms with Crippen molar-refractivity contribution in [3.05, 3.63) is 22.7 Å². The predicted octanol–water partition coefficient (Wildman–Crippen LogP) is 3.45. The summed E-state index contributed by atoms with van der Waals surface area (Å²) in [5, 5.41) is 2.65. The van der Waals surface area contributed by atoms with Crippen LogP contribution in [0.4, 0.5) is 13.2 Å². The van der Waals surface area contributed by atoms with E-state index in [0.717, 1.165) is 6.42 Å². The molecule has 0 spiro atoms. The Morgan fingerprint density at radius 1 is 1.29 bits per heavy atom. The fourth-order valence-electron chi connectivity index (χ4n) is 1.72. The molecule has 24 heavy (non-hydrogen) atoms. The van der Waals surface area contributed by atoms with Gasteiger partial charge in [-0.3, -0.25) is 4.79 Å². The monoisotopic (exact) mass is 369 g/mol. The number of carbonyl (C=O) groups is 1. The second kappa shape index (κ2) is 9.58. The second-order valence-electron chi connectivity index (χ2n) is 4.76. The maximum Gasteiger partial charge on any atom is 0.411 e. The lowest BCUT2D eigenvalue weighted by atomic mass is 10.2. The minimum absolute atomic E-state index is 0.0665. The lowest BCUT2D eigenvalue weighted by Gasteiger charge is -2.14. The molecule has 9 heteroatoms. The molecule has 0 aliphatic heterocycles. The van der Waals surface area contributed by atoms with Crippen molar-refractivity contribution in [2.45, 2.75) is 19.5 Å². The Kier molecular flexibility index (Phi) is 8.14. The zero-order valence-corrected chi connectivity index (χ0v) is 14.1. The first-order valence-corrected chi connectivity index (χ1v) is 7.59. The highest BCUT2D eigenvalue weighted by Gasteiger charge is 2.27. The Labute approximate surface area is 143 Å². The number of alkyl halides is 3. The molecule has 0 heterocycles. The van der Waals surface area contributed by atoms with Crippen LogP contribution in [-0.4, -0.2) is 45.6 Å². The maximum absolute atomic E-state index is 12.0. The van der Waals surface area contributed by atoms with Gasteiger partial charge < -0.3 is 19.5 Å². The van der Waals surface area contributed by atoms with Crippen LogP contribution in [0.15, 0.2) is 12.1 Å². The van der Waals surface area contributed by atoms with Gasteiger partial charge in [-0.2, -0.15) is 13.2 Å². The van der Waals surface area contributed by atoms with E-state index in [2.05, 4.69) is 10.1 Å². The zero-order valence-electron chi connectivity index (χ0n) is 13.3. The Balaban J connectivity index is 2.62. The normalized spacial score (nSPS) is 11.2. The average molecular weight is 370 g/mol. The number of hydrogen-bond donors (Lipinski definition) is 1. The fourth-order valence-corrected chi connectivity index (χ4v) is 1.99. The zero-order chi connectivity index (χ0) is 18.2. The molecular weight excluding hydrogens is 351 g/mol. The second-order valence-corrected chi connectivity index (χ2v) is 5.17. The van der Waals surface area contributed by atoms with Crippen molar-refractivity contribution in [1.82, 2.24) is 5.32 Å². The number of benzene rings is 1. The number of nitrogens with one attached hydrogen (secondary N) is 1. The largest absolute Gasteiger partial charge is 0.493 e. The molecule has 5 nitrogen and oxygen atoms in total. The van der Waals surface area contributed by atoms with Crippen LogP contribution in [0.3, 0.4) is 0 Å². The molecule has 0 aliphatic carbocycles. The van der Waals surface area contributed by atoms with Gasteiger partial charge in [-0.15, -0.1) is 0 Å². The average Bonchev–Trinajstić information content (AvgIpc) is 2.51. The van der Waals surface area contributed by atoms with Crippen molar-refractivity contribution in [3.63, 3.8) is 0 Å². The Bertz CT molecular complexity index is 552. The first kappa shape index (κ1) is 20.4. The van der Waals surface area contributed by atoms with E-state index >= 15 is 0 Å². The summed E-state index contributed by atoms with van der Waals surface area (Å²) < 4.78 is 50.8. The van der Waals surface area contributed by atoms with Crippen molar-refractivity contribution in [2.75, 3.05) is 33.5 Å². The van der Waals surface area contributed by atoms with Crippen LogP contribution in [-0.2, 0) is 4.74 Å². The van der Waals surface area contributed by atoms with Gasteiger partial charge in [-0.1, -0.05) is 18.5 Å². The predicted molar refractivity (Wildman–Crippen MR) is 83.0 cm³/mol. The van der Waals surface area contributed by atoms with Gasteiger partial charge in [0.15, 0.2) is 11.5 Å². The van der Waals surface area contributed by atoms with Gasteiger partial charge in [-0.05, 0) is 18.6 Å². The Morgan fingerprint density at radius 2 is 2.00 bits per heavy atom. The van der Waals surface area contributed by atoms with Crippen molar-refractivity contribution in [1.29, 1.82) is 0 Å². The molecule has 0 unspecified atom stereocenters. The van der Waals surface area contributed by atoms with Gasteiger partial charge in [0.25, 0.3) is 5.91 Å². The highest BCUT2D eigenvalue weighted by atomic mass is 35.5. The third-order valence-electron chi connectivity index (χ3n) is 2.74. The number of halogens is 4. The van der Waals surface area contributed by atoms with E-state index < -0.39 is 18.7 Å². The summed E-state index contributed by atoms with van der Waals surface area (Å²) in [6, 6.07) is 2.85. The molecule has 0 bridgehead atoms. The number of ether oxygens (including phenoxy) is 3. The molecule has 1 rings (SSSR count). The van der Waals surface area contributed by atoms with Crippen LogP contribution in [0.25, 0.3) is 0 Å². The summed E-state index contributed by atoms with van der Waals surface area (Å²) in [6.07, 6.45) is -3.61. The SMILES string of the molecule is CCCOc1c(Cl)cc(C(=O)NCCOCC(F)(F)F)cc1OC. The van der Waals surface area contributed by atoms with Gasteiger partial charge in [0.1, 0.15) is 6.61 Å². The molecule has 0 saturated carbocycles. The summed E-state index contributed by atoms with van der Waals surface area (Å²) in [4.78, 5) is 12.0. The third-order valence-corrected chi connectivity index (χ3v) is 3.02. The summed E-state index contributed by atoms with van der Waals surface area (Å²) in [5.41, 5.74) is 0.205. The van der Waals surface area contributed by atoms with Crippen LogP contribution in [0.5, 0.6) is 11.5 Å². The molecular formula is C15H19ClF3NO4. The van der Waals surface area contributed by atoms with Gasteiger partial charge in [0.2, 0.25) is 0 Å². The standard InChI is InChI=1S/C15H19ClF3NO4/c1-3-5-24-13-11(16)7-10(8-12(13)22-2)14(21)20-4-6-23-9-15(17,18)19/h7-8H,3-6,9H2,1-2H3,(H,20,21).